The van der Waals surface area contributed by atoms with Crippen LogP contribution < -0.4 is 10.1 Å². The van der Waals surface area contributed by atoms with Crippen LogP contribution in [0.25, 0.3) is 0 Å². The number of methoxy groups -OCH3 is 1. The summed E-state index contributed by atoms with van der Waals surface area (Å²) in [5.74, 6) is -0.357. The van der Waals surface area contributed by atoms with E-state index >= 15 is 0 Å². The summed E-state index contributed by atoms with van der Waals surface area (Å²) in [6.07, 6.45) is 0.351. The Morgan fingerprint density at radius 1 is 1.38 bits per heavy atom. The number of urea groups is 1. The highest BCUT2D eigenvalue weighted by atomic mass is 16.5. The van der Waals surface area contributed by atoms with Gasteiger partial charge in [-0.2, -0.15) is 0 Å². The number of likely N-dealkylation sites (tertiary alicyclic amines) is 1. The molecule has 1 aliphatic heterocycles. The van der Waals surface area contributed by atoms with E-state index in [1.54, 1.807) is 18.2 Å². The van der Waals surface area contributed by atoms with E-state index in [1.165, 1.54) is 12.0 Å². The quantitative estimate of drug-likeness (QED) is 0.833. The number of carboxylic acid groups (broad SMARTS) is 1. The van der Waals surface area contributed by atoms with Crippen molar-refractivity contribution in [2.45, 2.75) is 26.4 Å². The summed E-state index contributed by atoms with van der Waals surface area (Å²) < 4.78 is 10.7. The Morgan fingerprint density at radius 3 is 2.71 bits per heavy atom. The van der Waals surface area contributed by atoms with Gasteiger partial charge in [-0.1, -0.05) is 12.1 Å². The largest absolute Gasteiger partial charge is 0.489 e. The van der Waals surface area contributed by atoms with Crippen molar-refractivity contribution in [2.75, 3.05) is 32.1 Å². The van der Waals surface area contributed by atoms with Crippen molar-refractivity contribution in [3.63, 3.8) is 0 Å². The lowest BCUT2D eigenvalue weighted by atomic mass is 9.88. The molecule has 7 nitrogen and oxygen atoms in total. The number of amides is 2. The number of rotatable bonds is 6. The molecule has 1 unspecified atom stereocenters. The minimum absolute atomic E-state index is 0.0174. The third kappa shape index (κ3) is 3.97. The number of carbonyl (C=O) groups is 2. The SMILES string of the molecule is COCC1(C(=O)O)CCN(C(=O)Nc2ccccc2OC(C)C)C1. The molecule has 2 rings (SSSR count). The Labute approximate surface area is 141 Å². The molecule has 0 aromatic heterocycles. The molecule has 2 amide bonds. The van der Waals surface area contributed by atoms with Crippen molar-refractivity contribution in [3.05, 3.63) is 24.3 Å². The zero-order chi connectivity index (χ0) is 17.7. The van der Waals surface area contributed by atoms with Crippen molar-refractivity contribution in [1.82, 2.24) is 4.90 Å². The molecule has 1 atom stereocenters. The summed E-state index contributed by atoms with van der Waals surface area (Å²) in [5, 5.41) is 12.3. The van der Waals surface area contributed by atoms with Gasteiger partial charge in [0.25, 0.3) is 0 Å². The van der Waals surface area contributed by atoms with E-state index in [-0.39, 0.29) is 25.3 Å². The molecule has 1 saturated heterocycles. The van der Waals surface area contributed by atoms with Gasteiger partial charge in [0.05, 0.1) is 18.4 Å². The number of nitrogens with zero attached hydrogens (tertiary/aromatic N) is 1. The lowest BCUT2D eigenvalue weighted by molar-refractivity contribution is -0.151. The van der Waals surface area contributed by atoms with Crippen LogP contribution in [-0.2, 0) is 9.53 Å². The average molecular weight is 336 g/mol. The fourth-order valence-electron chi connectivity index (χ4n) is 2.80. The van der Waals surface area contributed by atoms with E-state index in [4.69, 9.17) is 9.47 Å². The summed E-state index contributed by atoms with van der Waals surface area (Å²) in [4.78, 5) is 25.5. The van der Waals surface area contributed by atoms with Crippen LogP contribution in [0.5, 0.6) is 5.75 Å². The summed E-state index contributed by atoms with van der Waals surface area (Å²) in [7, 11) is 1.47. The highest BCUT2D eigenvalue weighted by molar-refractivity contribution is 5.92. The van der Waals surface area contributed by atoms with Gasteiger partial charge in [0.15, 0.2) is 0 Å². The second kappa shape index (κ2) is 7.53. The number of para-hydroxylation sites is 2. The van der Waals surface area contributed by atoms with Gasteiger partial charge in [-0.05, 0) is 32.4 Å². The molecule has 1 fully saturated rings. The van der Waals surface area contributed by atoms with Gasteiger partial charge in [-0.3, -0.25) is 4.79 Å². The first kappa shape index (κ1) is 18.1. The Kier molecular flexibility index (Phi) is 5.66. The molecule has 0 spiro atoms. The maximum Gasteiger partial charge on any atom is 0.321 e. The third-order valence-corrected chi connectivity index (χ3v) is 4.01. The summed E-state index contributed by atoms with van der Waals surface area (Å²) >= 11 is 0. The number of anilines is 1. The van der Waals surface area contributed by atoms with Crippen LogP contribution in [0.1, 0.15) is 20.3 Å². The van der Waals surface area contributed by atoms with Gasteiger partial charge in [-0.15, -0.1) is 0 Å². The van der Waals surface area contributed by atoms with E-state index < -0.39 is 11.4 Å². The molecule has 132 valence electrons. The zero-order valence-electron chi connectivity index (χ0n) is 14.2. The molecule has 0 aliphatic carbocycles. The lowest BCUT2D eigenvalue weighted by Crippen LogP contribution is -2.41. The van der Waals surface area contributed by atoms with Crippen LogP contribution in [0.4, 0.5) is 10.5 Å². The highest BCUT2D eigenvalue weighted by Crippen LogP contribution is 2.32. The number of ether oxygens (including phenoxy) is 2. The Bertz CT molecular complexity index is 604. The monoisotopic (exact) mass is 336 g/mol. The van der Waals surface area contributed by atoms with Crippen LogP contribution in [0.15, 0.2) is 24.3 Å². The molecular formula is C17H24N2O5. The Morgan fingerprint density at radius 2 is 2.08 bits per heavy atom. The minimum atomic E-state index is -1.04. The van der Waals surface area contributed by atoms with Gasteiger partial charge < -0.3 is 24.8 Å². The van der Waals surface area contributed by atoms with Crippen molar-refractivity contribution >= 4 is 17.7 Å². The summed E-state index contributed by atoms with van der Waals surface area (Å²) in [6.45, 7) is 4.39. The molecule has 1 heterocycles. The second-order valence-corrected chi connectivity index (χ2v) is 6.28. The maximum atomic E-state index is 12.5. The number of benzene rings is 1. The maximum absolute atomic E-state index is 12.5. The van der Waals surface area contributed by atoms with E-state index in [0.717, 1.165) is 0 Å². The number of aliphatic carboxylic acids is 1. The van der Waals surface area contributed by atoms with E-state index in [2.05, 4.69) is 5.32 Å². The number of hydrogen-bond acceptors (Lipinski definition) is 4. The van der Waals surface area contributed by atoms with E-state index in [0.29, 0.717) is 24.4 Å². The third-order valence-electron chi connectivity index (χ3n) is 4.01. The molecule has 7 heteroatoms. The second-order valence-electron chi connectivity index (χ2n) is 6.28. The van der Waals surface area contributed by atoms with Crippen molar-refractivity contribution in [1.29, 1.82) is 0 Å². The Balaban J connectivity index is 2.08. The van der Waals surface area contributed by atoms with E-state index in [1.807, 2.05) is 19.9 Å². The first-order valence-corrected chi connectivity index (χ1v) is 7.92. The number of carbonyl (C=O) groups excluding carboxylic acids is 1. The van der Waals surface area contributed by atoms with Gasteiger partial charge >= 0.3 is 12.0 Å². The smallest absolute Gasteiger partial charge is 0.321 e. The predicted molar refractivity (Wildman–Crippen MR) is 89.4 cm³/mol. The fraction of sp³-hybridized carbons (Fsp3) is 0.529. The van der Waals surface area contributed by atoms with Crippen molar-refractivity contribution < 1.29 is 24.2 Å². The molecule has 1 aromatic rings. The van der Waals surface area contributed by atoms with Crippen LogP contribution in [-0.4, -0.2) is 54.9 Å². The van der Waals surface area contributed by atoms with Gasteiger partial charge in [0.2, 0.25) is 0 Å². The molecule has 0 radical (unpaired) electrons. The number of hydrogen-bond donors (Lipinski definition) is 2. The van der Waals surface area contributed by atoms with Crippen molar-refractivity contribution in [2.24, 2.45) is 5.41 Å². The molecule has 24 heavy (non-hydrogen) atoms. The van der Waals surface area contributed by atoms with E-state index in [9.17, 15) is 14.7 Å². The molecule has 0 bridgehead atoms. The fourth-order valence-corrected chi connectivity index (χ4v) is 2.80. The molecule has 2 N–H and O–H groups in total. The standard InChI is InChI=1S/C17H24N2O5/c1-12(2)24-14-7-5-4-6-13(14)18-16(22)19-9-8-17(10-19,11-23-3)15(20)21/h4-7,12H,8-11H2,1-3H3,(H,18,22)(H,20,21). The van der Waals surface area contributed by atoms with Crippen LogP contribution in [0, 0.1) is 5.41 Å². The first-order valence-electron chi connectivity index (χ1n) is 7.92. The molecule has 1 aliphatic rings. The van der Waals surface area contributed by atoms with Crippen LogP contribution >= 0.6 is 0 Å². The van der Waals surface area contributed by atoms with Gasteiger partial charge in [-0.25, -0.2) is 4.79 Å². The topological polar surface area (TPSA) is 88.1 Å². The zero-order valence-corrected chi connectivity index (χ0v) is 14.2. The molecular weight excluding hydrogens is 312 g/mol. The minimum Gasteiger partial charge on any atom is -0.489 e. The van der Waals surface area contributed by atoms with Crippen LogP contribution in [0.3, 0.4) is 0 Å². The number of nitrogens with one attached hydrogen (secondary N) is 1. The molecule has 1 aromatic carbocycles. The predicted octanol–water partition coefficient (Wildman–Crippen LogP) is 2.43. The van der Waals surface area contributed by atoms with Crippen LogP contribution in [0.2, 0.25) is 0 Å². The summed E-state index contributed by atoms with van der Waals surface area (Å²) in [6, 6.07) is 6.84. The highest BCUT2D eigenvalue weighted by Gasteiger charge is 2.46. The normalized spacial score (nSPS) is 20.2. The first-order chi connectivity index (χ1) is 11.4. The molecule has 0 saturated carbocycles. The van der Waals surface area contributed by atoms with Gasteiger partial charge in [0.1, 0.15) is 11.2 Å². The summed E-state index contributed by atoms with van der Waals surface area (Å²) in [5.41, 5.74) is -0.476. The average Bonchev–Trinajstić information content (AvgIpc) is 2.95. The Hall–Kier alpha value is -2.28. The number of carboxylic acids is 1. The van der Waals surface area contributed by atoms with Gasteiger partial charge in [0, 0.05) is 20.2 Å². The van der Waals surface area contributed by atoms with Crippen molar-refractivity contribution in [3.8, 4) is 5.75 Å². The lowest BCUT2D eigenvalue weighted by Gasteiger charge is -2.24.